The van der Waals surface area contributed by atoms with Crippen LogP contribution in [-0.2, 0) is 4.79 Å². The molecular formula is C12H12O2. The van der Waals surface area contributed by atoms with E-state index in [2.05, 4.69) is 0 Å². The highest BCUT2D eigenvalue weighted by Gasteiger charge is 2.28. The molecule has 2 heteroatoms. The van der Waals surface area contributed by atoms with E-state index < -0.39 is 0 Å². The van der Waals surface area contributed by atoms with Gasteiger partial charge in [0.25, 0.3) is 0 Å². The van der Waals surface area contributed by atoms with Crippen LogP contribution in [0.25, 0.3) is 0 Å². The van der Waals surface area contributed by atoms with E-state index in [0.29, 0.717) is 5.76 Å². The van der Waals surface area contributed by atoms with Gasteiger partial charge in [-0.3, -0.25) is 4.79 Å². The zero-order valence-electron chi connectivity index (χ0n) is 7.76. The van der Waals surface area contributed by atoms with Crippen molar-refractivity contribution in [1.29, 1.82) is 0 Å². The molecule has 2 rings (SSSR count). The molecule has 0 aromatic carbocycles. The van der Waals surface area contributed by atoms with Gasteiger partial charge in [0.2, 0.25) is 0 Å². The summed E-state index contributed by atoms with van der Waals surface area (Å²) in [5, 5.41) is 9.64. The highest BCUT2D eigenvalue weighted by Crippen LogP contribution is 2.29. The second-order valence-electron chi connectivity index (χ2n) is 3.53. The first-order chi connectivity index (χ1) is 6.79. The van der Waals surface area contributed by atoms with Gasteiger partial charge in [0, 0.05) is 5.92 Å². The van der Waals surface area contributed by atoms with Crippen molar-refractivity contribution in [2.75, 3.05) is 0 Å². The minimum Gasteiger partial charge on any atom is -0.512 e. The summed E-state index contributed by atoms with van der Waals surface area (Å²) in [4.78, 5) is 11.5. The third kappa shape index (κ3) is 1.55. The number of aliphatic hydroxyl groups is 1. The van der Waals surface area contributed by atoms with E-state index in [-0.39, 0.29) is 17.6 Å². The van der Waals surface area contributed by atoms with Crippen LogP contribution in [0.4, 0.5) is 0 Å². The molecule has 0 fully saturated rings. The predicted octanol–water partition coefficient (Wildman–Crippen LogP) is 2.32. The zero-order chi connectivity index (χ0) is 9.97. The van der Waals surface area contributed by atoms with Gasteiger partial charge in [-0.05, 0) is 18.6 Å². The summed E-state index contributed by atoms with van der Waals surface area (Å²) in [7, 11) is 0. The average molecular weight is 188 g/mol. The Morgan fingerprint density at radius 3 is 2.86 bits per heavy atom. The number of hydrogen-bond donors (Lipinski definition) is 1. The highest BCUT2D eigenvalue weighted by molar-refractivity contribution is 5.94. The molecule has 0 aliphatic heterocycles. The Hall–Kier alpha value is -1.57. The van der Waals surface area contributed by atoms with Crippen molar-refractivity contribution in [1.82, 2.24) is 0 Å². The fourth-order valence-corrected chi connectivity index (χ4v) is 1.84. The lowest BCUT2D eigenvalue weighted by molar-refractivity contribution is -0.118. The second-order valence-corrected chi connectivity index (χ2v) is 3.53. The molecule has 0 amide bonds. The van der Waals surface area contributed by atoms with E-state index in [1.165, 1.54) is 0 Å². The Balaban J connectivity index is 2.20. The molecule has 2 aliphatic carbocycles. The van der Waals surface area contributed by atoms with Gasteiger partial charge in [0.05, 0.1) is 11.7 Å². The molecule has 0 bridgehead atoms. The van der Waals surface area contributed by atoms with E-state index in [1.807, 2.05) is 24.3 Å². The quantitative estimate of drug-likeness (QED) is 0.685. The minimum absolute atomic E-state index is 0.0753. The number of carbonyl (C=O) groups is 1. The Labute approximate surface area is 82.9 Å². The number of rotatable bonds is 1. The second kappa shape index (κ2) is 3.66. The van der Waals surface area contributed by atoms with Crippen LogP contribution in [0.5, 0.6) is 0 Å². The zero-order valence-corrected chi connectivity index (χ0v) is 7.76. The van der Waals surface area contributed by atoms with Crippen molar-refractivity contribution in [3.63, 3.8) is 0 Å². The van der Waals surface area contributed by atoms with E-state index >= 15 is 0 Å². The molecule has 0 aromatic rings. The van der Waals surface area contributed by atoms with Crippen molar-refractivity contribution < 1.29 is 9.90 Å². The minimum atomic E-state index is -0.193. The Morgan fingerprint density at radius 1 is 1.29 bits per heavy atom. The maximum absolute atomic E-state index is 11.5. The first-order valence-electron chi connectivity index (χ1n) is 4.73. The lowest BCUT2D eigenvalue weighted by Crippen LogP contribution is -2.24. The smallest absolute Gasteiger partial charge is 0.163 e. The van der Waals surface area contributed by atoms with E-state index in [0.717, 1.165) is 6.42 Å². The number of carbonyl (C=O) groups excluding carboxylic acids is 1. The molecule has 72 valence electrons. The Kier molecular flexibility index (Phi) is 2.35. The summed E-state index contributed by atoms with van der Waals surface area (Å²) in [6.45, 7) is 0. The molecule has 0 saturated heterocycles. The van der Waals surface area contributed by atoms with Gasteiger partial charge >= 0.3 is 0 Å². The first kappa shape index (κ1) is 9.00. The van der Waals surface area contributed by atoms with Crippen molar-refractivity contribution >= 4 is 5.78 Å². The lowest BCUT2D eigenvalue weighted by Gasteiger charge is -2.23. The van der Waals surface area contributed by atoms with Crippen LogP contribution in [0.3, 0.4) is 0 Å². The Morgan fingerprint density at radius 2 is 2.14 bits per heavy atom. The Bertz CT molecular complexity index is 359. The predicted molar refractivity (Wildman–Crippen MR) is 54.7 cm³/mol. The molecular weight excluding hydrogens is 176 g/mol. The number of aliphatic hydroxyl groups excluding tert-OH is 1. The molecule has 2 atom stereocenters. The summed E-state index contributed by atoms with van der Waals surface area (Å²) >= 11 is 0. The largest absolute Gasteiger partial charge is 0.512 e. The summed E-state index contributed by atoms with van der Waals surface area (Å²) < 4.78 is 0. The fraction of sp³-hybridized carbons (Fsp3) is 0.250. The third-order valence-corrected chi connectivity index (χ3v) is 2.63. The van der Waals surface area contributed by atoms with Crippen LogP contribution in [0.1, 0.15) is 6.42 Å². The van der Waals surface area contributed by atoms with E-state index in [4.69, 9.17) is 0 Å². The maximum atomic E-state index is 11.5. The van der Waals surface area contributed by atoms with Crippen LogP contribution in [0.2, 0.25) is 0 Å². The summed E-state index contributed by atoms with van der Waals surface area (Å²) in [6.07, 6.45) is 13.2. The first-order valence-corrected chi connectivity index (χ1v) is 4.73. The molecule has 2 unspecified atom stereocenters. The van der Waals surface area contributed by atoms with Crippen LogP contribution < -0.4 is 0 Å². The van der Waals surface area contributed by atoms with Crippen LogP contribution in [0.15, 0.2) is 48.3 Å². The van der Waals surface area contributed by atoms with Gasteiger partial charge in [-0.1, -0.05) is 30.4 Å². The summed E-state index contributed by atoms with van der Waals surface area (Å²) in [5.41, 5.74) is 0. The molecule has 0 aromatic heterocycles. The fourth-order valence-electron chi connectivity index (χ4n) is 1.84. The molecule has 0 heterocycles. The third-order valence-electron chi connectivity index (χ3n) is 2.63. The highest BCUT2D eigenvalue weighted by atomic mass is 16.3. The van der Waals surface area contributed by atoms with Crippen molar-refractivity contribution in [2.24, 2.45) is 11.8 Å². The number of ketones is 1. The maximum Gasteiger partial charge on any atom is 0.163 e. The number of hydrogen-bond acceptors (Lipinski definition) is 2. The molecule has 14 heavy (non-hydrogen) atoms. The van der Waals surface area contributed by atoms with Crippen LogP contribution >= 0.6 is 0 Å². The molecule has 0 saturated carbocycles. The normalized spacial score (nSPS) is 30.6. The SMILES string of the molecule is O=C1C=CC=CC1C1CC=CC=C1O. The monoisotopic (exact) mass is 188 g/mol. The van der Waals surface area contributed by atoms with Gasteiger partial charge in [-0.2, -0.15) is 0 Å². The topological polar surface area (TPSA) is 37.3 Å². The van der Waals surface area contributed by atoms with Crippen LogP contribution in [-0.4, -0.2) is 10.9 Å². The van der Waals surface area contributed by atoms with Crippen molar-refractivity contribution in [3.8, 4) is 0 Å². The molecule has 0 radical (unpaired) electrons. The standard InChI is InChI=1S/C12H12O2/c13-11-7-3-1-5-9(11)10-6-2-4-8-12(10)14/h1-5,7-10,14H,6H2. The van der Waals surface area contributed by atoms with Crippen molar-refractivity contribution in [3.05, 3.63) is 48.3 Å². The molecule has 1 N–H and O–H groups in total. The molecule has 2 aliphatic rings. The van der Waals surface area contributed by atoms with E-state index in [1.54, 1.807) is 18.2 Å². The van der Waals surface area contributed by atoms with Gasteiger partial charge in [-0.15, -0.1) is 0 Å². The van der Waals surface area contributed by atoms with E-state index in [9.17, 15) is 9.90 Å². The summed E-state index contributed by atoms with van der Waals surface area (Å²) in [5.74, 6) is 0.119. The lowest BCUT2D eigenvalue weighted by atomic mass is 9.81. The number of allylic oxidation sites excluding steroid dienone is 8. The van der Waals surface area contributed by atoms with Gasteiger partial charge in [-0.25, -0.2) is 0 Å². The molecule has 0 spiro atoms. The van der Waals surface area contributed by atoms with Gasteiger partial charge in [0.15, 0.2) is 5.78 Å². The van der Waals surface area contributed by atoms with Gasteiger partial charge < -0.3 is 5.11 Å². The average Bonchev–Trinajstić information content (AvgIpc) is 2.20. The van der Waals surface area contributed by atoms with Crippen LogP contribution in [0, 0.1) is 11.8 Å². The summed E-state index contributed by atoms with van der Waals surface area (Å²) in [6, 6.07) is 0. The van der Waals surface area contributed by atoms with Gasteiger partial charge in [0.1, 0.15) is 0 Å². The van der Waals surface area contributed by atoms with Crippen molar-refractivity contribution in [2.45, 2.75) is 6.42 Å². The molecule has 2 nitrogen and oxygen atoms in total.